The molecule has 2 N–H and O–H groups in total. The van der Waals surface area contributed by atoms with Crippen molar-refractivity contribution in [2.75, 3.05) is 6.54 Å². The van der Waals surface area contributed by atoms with Gasteiger partial charge < -0.3 is 10.6 Å². The van der Waals surface area contributed by atoms with Gasteiger partial charge in [0, 0.05) is 19.3 Å². The summed E-state index contributed by atoms with van der Waals surface area (Å²) in [6.45, 7) is 0.342. The molecule has 4 rings (SSSR count). The summed E-state index contributed by atoms with van der Waals surface area (Å²) in [6.07, 6.45) is 1.37. The molecule has 28 heavy (non-hydrogen) atoms. The molecular formula is C18H19FN6O2S. The molecule has 1 saturated heterocycles. The van der Waals surface area contributed by atoms with Gasteiger partial charge in [0.2, 0.25) is 5.91 Å². The number of nitrogens with zero attached hydrogens (tertiary/aromatic N) is 5. The van der Waals surface area contributed by atoms with Crippen molar-refractivity contribution >= 4 is 33.4 Å². The molecule has 0 saturated carbocycles. The molecule has 3 aromatic rings. The molecule has 1 fully saturated rings. The molecule has 0 radical (unpaired) electrons. The monoisotopic (exact) mass is 402 g/mol. The smallest absolute Gasteiger partial charge is 0.270 e. The molecule has 1 aliphatic heterocycles. The predicted molar refractivity (Wildman–Crippen MR) is 101 cm³/mol. The topological polar surface area (TPSA) is 107 Å². The summed E-state index contributed by atoms with van der Waals surface area (Å²) >= 11 is 1.57. The number of aromatic nitrogens is 4. The lowest BCUT2D eigenvalue weighted by molar-refractivity contribution is -0.132. The third kappa shape index (κ3) is 3.86. The number of thiazole rings is 1. The second-order valence-corrected chi connectivity index (χ2v) is 7.91. The average Bonchev–Trinajstić information content (AvgIpc) is 3.38. The molecule has 0 aliphatic carbocycles. The first-order valence-corrected chi connectivity index (χ1v) is 9.79. The zero-order valence-corrected chi connectivity index (χ0v) is 15.8. The van der Waals surface area contributed by atoms with E-state index in [0.29, 0.717) is 6.42 Å². The van der Waals surface area contributed by atoms with Crippen LogP contribution in [-0.2, 0) is 17.8 Å². The standard InChI is InChI=1S/C18H19FN6O2S/c19-11-7-12(9-24-10-14(18(20)27)22-23-24)25(8-11)17(26)6-5-16-21-13-3-1-2-4-15(13)28-16/h1-4,10-12H,5-9H2,(H2,20,27). The Balaban J connectivity index is 1.40. The Labute approximate surface area is 164 Å². The zero-order valence-electron chi connectivity index (χ0n) is 15.0. The number of benzene rings is 1. The normalized spacial score (nSPS) is 19.4. The number of likely N-dealkylation sites (tertiary alicyclic amines) is 1. The number of fused-ring (bicyclic) bond motifs is 1. The predicted octanol–water partition coefficient (Wildman–Crippen LogP) is 1.56. The lowest BCUT2D eigenvalue weighted by Crippen LogP contribution is -2.38. The van der Waals surface area contributed by atoms with Gasteiger partial charge >= 0.3 is 0 Å². The molecule has 2 amide bonds. The highest BCUT2D eigenvalue weighted by molar-refractivity contribution is 7.18. The second-order valence-electron chi connectivity index (χ2n) is 6.80. The molecule has 2 unspecified atom stereocenters. The number of rotatable bonds is 6. The van der Waals surface area contributed by atoms with Crippen LogP contribution in [0.3, 0.4) is 0 Å². The van der Waals surface area contributed by atoms with Crippen LogP contribution in [0.2, 0.25) is 0 Å². The molecule has 2 aromatic heterocycles. The summed E-state index contributed by atoms with van der Waals surface area (Å²) in [6, 6.07) is 7.50. The van der Waals surface area contributed by atoms with E-state index in [9.17, 15) is 14.0 Å². The van der Waals surface area contributed by atoms with E-state index < -0.39 is 12.1 Å². The van der Waals surface area contributed by atoms with E-state index in [2.05, 4.69) is 15.3 Å². The third-order valence-electron chi connectivity index (χ3n) is 4.76. The number of para-hydroxylation sites is 1. The Morgan fingerprint density at radius 3 is 2.89 bits per heavy atom. The highest BCUT2D eigenvalue weighted by Gasteiger charge is 2.35. The Hall–Kier alpha value is -2.88. The molecule has 1 aromatic carbocycles. The van der Waals surface area contributed by atoms with Gasteiger partial charge in [0.15, 0.2) is 5.69 Å². The SMILES string of the molecule is NC(=O)c1cn(CC2CC(F)CN2C(=O)CCc2nc3ccccc3s2)nn1. The number of carbonyl (C=O) groups excluding carboxylic acids is 2. The fourth-order valence-corrected chi connectivity index (χ4v) is 4.41. The van der Waals surface area contributed by atoms with Crippen molar-refractivity contribution in [3.05, 3.63) is 41.2 Å². The maximum atomic E-state index is 14.0. The van der Waals surface area contributed by atoms with Crippen LogP contribution >= 0.6 is 11.3 Å². The number of hydrogen-bond acceptors (Lipinski definition) is 6. The summed E-state index contributed by atoms with van der Waals surface area (Å²) in [5.41, 5.74) is 6.14. The van der Waals surface area contributed by atoms with Crippen molar-refractivity contribution in [1.29, 1.82) is 0 Å². The molecule has 146 valence electrons. The van der Waals surface area contributed by atoms with E-state index in [1.165, 1.54) is 10.9 Å². The largest absolute Gasteiger partial charge is 0.364 e. The minimum atomic E-state index is -1.07. The Kier molecular flexibility index (Phi) is 5.03. The van der Waals surface area contributed by atoms with Gasteiger partial charge in [-0.25, -0.2) is 14.1 Å². The number of aryl methyl sites for hydroxylation is 1. The van der Waals surface area contributed by atoms with Gasteiger partial charge in [0.25, 0.3) is 5.91 Å². The van der Waals surface area contributed by atoms with Gasteiger partial charge in [0.05, 0.1) is 40.6 Å². The van der Waals surface area contributed by atoms with Crippen molar-refractivity contribution in [1.82, 2.24) is 24.9 Å². The number of halogens is 1. The number of carbonyl (C=O) groups is 2. The van der Waals surface area contributed by atoms with Gasteiger partial charge in [-0.15, -0.1) is 16.4 Å². The Bertz CT molecular complexity index is 985. The first-order chi connectivity index (χ1) is 13.5. The lowest BCUT2D eigenvalue weighted by Gasteiger charge is -2.24. The van der Waals surface area contributed by atoms with Crippen LogP contribution in [0.5, 0.6) is 0 Å². The molecule has 0 bridgehead atoms. The van der Waals surface area contributed by atoms with E-state index in [-0.39, 0.29) is 43.6 Å². The van der Waals surface area contributed by atoms with Crippen molar-refractivity contribution in [3.63, 3.8) is 0 Å². The van der Waals surface area contributed by atoms with Crippen molar-refractivity contribution in [2.45, 2.75) is 38.0 Å². The van der Waals surface area contributed by atoms with E-state index >= 15 is 0 Å². The van der Waals surface area contributed by atoms with E-state index in [1.807, 2.05) is 24.3 Å². The molecule has 3 heterocycles. The Morgan fingerprint density at radius 2 is 2.14 bits per heavy atom. The lowest BCUT2D eigenvalue weighted by atomic mass is 10.2. The summed E-state index contributed by atoms with van der Waals surface area (Å²) in [7, 11) is 0. The number of hydrogen-bond donors (Lipinski definition) is 1. The van der Waals surface area contributed by atoms with Crippen LogP contribution in [0, 0.1) is 0 Å². The van der Waals surface area contributed by atoms with Gasteiger partial charge in [-0.05, 0) is 12.1 Å². The maximum Gasteiger partial charge on any atom is 0.270 e. The quantitative estimate of drug-likeness (QED) is 0.673. The number of nitrogens with two attached hydrogens (primary N) is 1. The molecule has 0 spiro atoms. The van der Waals surface area contributed by atoms with E-state index in [0.717, 1.165) is 15.2 Å². The number of primary amides is 1. The minimum absolute atomic E-state index is 0.0449. The fraction of sp³-hybridized carbons (Fsp3) is 0.389. The van der Waals surface area contributed by atoms with Crippen LogP contribution < -0.4 is 5.73 Å². The van der Waals surface area contributed by atoms with E-state index in [4.69, 9.17) is 5.73 Å². The molecule has 2 atom stereocenters. The maximum absolute atomic E-state index is 14.0. The highest BCUT2D eigenvalue weighted by atomic mass is 32.1. The average molecular weight is 402 g/mol. The summed E-state index contributed by atoms with van der Waals surface area (Å²) in [4.78, 5) is 29.9. The molecule has 8 nitrogen and oxygen atoms in total. The van der Waals surface area contributed by atoms with Crippen LogP contribution in [0.15, 0.2) is 30.5 Å². The van der Waals surface area contributed by atoms with Crippen LogP contribution in [-0.4, -0.2) is 55.5 Å². The summed E-state index contributed by atoms with van der Waals surface area (Å²) < 4.78 is 16.5. The highest BCUT2D eigenvalue weighted by Crippen LogP contribution is 2.25. The van der Waals surface area contributed by atoms with Crippen LogP contribution in [0.1, 0.15) is 28.3 Å². The van der Waals surface area contributed by atoms with E-state index in [1.54, 1.807) is 16.2 Å². The van der Waals surface area contributed by atoms with Gasteiger partial charge in [-0.3, -0.25) is 9.59 Å². The van der Waals surface area contributed by atoms with Gasteiger partial charge in [-0.1, -0.05) is 17.3 Å². The number of amides is 2. The first kappa shape index (κ1) is 18.5. The van der Waals surface area contributed by atoms with Crippen molar-refractivity contribution < 1.29 is 14.0 Å². The summed E-state index contributed by atoms with van der Waals surface area (Å²) in [5, 5.41) is 8.41. The molecule has 10 heteroatoms. The second kappa shape index (κ2) is 7.63. The molecule has 1 aliphatic rings. The zero-order chi connectivity index (χ0) is 19.7. The van der Waals surface area contributed by atoms with Gasteiger partial charge in [0.1, 0.15) is 6.17 Å². The van der Waals surface area contributed by atoms with Gasteiger partial charge in [-0.2, -0.15) is 0 Å². The fourth-order valence-electron chi connectivity index (χ4n) is 3.44. The van der Waals surface area contributed by atoms with Crippen LogP contribution in [0.25, 0.3) is 10.2 Å². The minimum Gasteiger partial charge on any atom is -0.364 e. The Morgan fingerprint density at radius 1 is 1.32 bits per heavy atom. The summed E-state index contributed by atoms with van der Waals surface area (Å²) in [5.74, 6) is -0.788. The first-order valence-electron chi connectivity index (χ1n) is 8.97. The van der Waals surface area contributed by atoms with Crippen LogP contribution in [0.4, 0.5) is 4.39 Å². The third-order valence-corrected chi connectivity index (χ3v) is 5.86. The number of alkyl halides is 1. The van der Waals surface area contributed by atoms with Crippen molar-refractivity contribution in [2.24, 2.45) is 5.73 Å². The molecular weight excluding hydrogens is 383 g/mol. The van der Waals surface area contributed by atoms with Crippen molar-refractivity contribution in [3.8, 4) is 0 Å².